The first-order chi connectivity index (χ1) is 8.90. The molecule has 0 saturated carbocycles. The normalized spacial score (nSPS) is 10.5. The molecule has 0 aliphatic heterocycles. The summed E-state index contributed by atoms with van der Waals surface area (Å²) in [6.07, 6.45) is 4.41. The minimum Gasteiger partial charge on any atom is -0.385 e. The van der Waals surface area contributed by atoms with E-state index in [1.165, 1.54) is 16.7 Å². The molecule has 18 heavy (non-hydrogen) atoms. The Labute approximate surface area is 109 Å². The highest BCUT2D eigenvalue weighted by Crippen LogP contribution is 2.20. The Bertz CT molecular complexity index is 445. The SMILES string of the molecule is COCCC[CH]c1ccc(-c2ccccc2)cc1. The number of benzene rings is 2. The second-order valence-electron chi connectivity index (χ2n) is 4.33. The fourth-order valence-electron chi connectivity index (χ4n) is 1.94. The molecule has 0 heterocycles. The molecule has 2 rings (SSSR count). The van der Waals surface area contributed by atoms with Gasteiger partial charge in [-0.1, -0.05) is 54.6 Å². The zero-order chi connectivity index (χ0) is 12.6. The Balaban J connectivity index is 1.94. The Morgan fingerprint density at radius 1 is 0.889 bits per heavy atom. The van der Waals surface area contributed by atoms with Gasteiger partial charge in [-0.05, 0) is 36.0 Å². The van der Waals surface area contributed by atoms with Crippen molar-refractivity contribution < 1.29 is 4.74 Å². The number of ether oxygens (including phenoxy) is 1. The first-order valence-corrected chi connectivity index (χ1v) is 6.38. The minimum absolute atomic E-state index is 0.832. The van der Waals surface area contributed by atoms with Crippen LogP contribution in [0.5, 0.6) is 0 Å². The van der Waals surface area contributed by atoms with Crippen molar-refractivity contribution in [1.82, 2.24) is 0 Å². The van der Waals surface area contributed by atoms with Gasteiger partial charge in [-0.2, -0.15) is 0 Å². The van der Waals surface area contributed by atoms with Crippen LogP contribution in [0, 0.1) is 6.42 Å². The zero-order valence-electron chi connectivity index (χ0n) is 10.8. The lowest BCUT2D eigenvalue weighted by atomic mass is 10.0. The first-order valence-electron chi connectivity index (χ1n) is 6.38. The molecule has 0 atom stereocenters. The molecule has 93 valence electrons. The van der Waals surface area contributed by atoms with Crippen LogP contribution in [0.2, 0.25) is 0 Å². The zero-order valence-corrected chi connectivity index (χ0v) is 10.8. The summed E-state index contributed by atoms with van der Waals surface area (Å²) in [5, 5.41) is 0. The van der Waals surface area contributed by atoms with Crippen molar-refractivity contribution in [2.24, 2.45) is 0 Å². The molecule has 0 N–H and O–H groups in total. The molecule has 0 aromatic heterocycles. The van der Waals surface area contributed by atoms with E-state index in [1.54, 1.807) is 7.11 Å². The van der Waals surface area contributed by atoms with Crippen LogP contribution in [0.3, 0.4) is 0 Å². The van der Waals surface area contributed by atoms with Crippen LogP contribution < -0.4 is 0 Å². The smallest absolute Gasteiger partial charge is 0.0462 e. The predicted octanol–water partition coefficient (Wildman–Crippen LogP) is 4.33. The van der Waals surface area contributed by atoms with Crippen molar-refractivity contribution in [3.63, 3.8) is 0 Å². The van der Waals surface area contributed by atoms with E-state index in [-0.39, 0.29) is 0 Å². The van der Waals surface area contributed by atoms with E-state index >= 15 is 0 Å². The summed E-state index contributed by atoms with van der Waals surface area (Å²) >= 11 is 0. The lowest BCUT2D eigenvalue weighted by molar-refractivity contribution is 0.195. The lowest BCUT2D eigenvalue weighted by Crippen LogP contribution is -1.89. The highest BCUT2D eigenvalue weighted by atomic mass is 16.5. The van der Waals surface area contributed by atoms with Gasteiger partial charge in [0.25, 0.3) is 0 Å². The van der Waals surface area contributed by atoms with Crippen LogP contribution in [0.15, 0.2) is 54.6 Å². The molecule has 0 aliphatic rings. The molecule has 2 aromatic rings. The van der Waals surface area contributed by atoms with Crippen molar-refractivity contribution in [2.75, 3.05) is 13.7 Å². The van der Waals surface area contributed by atoms with E-state index in [2.05, 4.69) is 55.0 Å². The molecule has 0 spiro atoms. The quantitative estimate of drug-likeness (QED) is 0.682. The lowest BCUT2D eigenvalue weighted by Gasteiger charge is -2.04. The van der Waals surface area contributed by atoms with Crippen molar-refractivity contribution in [1.29, 1.82) is 0 Å². The Kier molecular flexibility index (Phi) is 4.98. The highest BCUT2D eigenvalue weighted by molar-refractivity contribution is 5.63. The Morgan fingerprint density at radius 2 is 1.56 bits per heavy atom. The third-order valence-electron chi connectivity index (χ3n) is 2.95. The Morgan fingerprint density at radius 3 is 2.22 bits per heavy atom. The van der Waals surface area contributed by atoms with Crippen molar-refractivity contribution in [2.45, 2.75) is 12.8 Å². The maximum Gasteiger partial charge on any atom is 0.0462 e. The average Bonchev–Trinajstić information content (AvgIpc) is 2.45. The Hall–Kier alpha value is -1.60. The summed E-state index contributed by atoms with van der Waals surface area (Å²) < 4.78 is 5.04. The number of rotatable bonds is 6. The molecule has 0 amide bonds. The van der Waals surface area contributed by atoms with E-state index in [1.807, 2.05) is 6.07 Å². The summed E-state index contributed by atoms with van der Waals surface area (Å²) in [6.45, 7) is 0.832. The number of hydrogen-bond donors (Lipinski definition) is 0. The van der Waals surface area contributed by atoms with Crippen LogP contribution in [-0.4, -0.2) is 13.7 Å². The van der Waals surface area contributed by atoms with Crippen LogP contribution in [0.25, 0.3) is 11.1 Å². The molecule has 0 bridgehead atoms. The summed E-state index contributed by atoms with van der Waals surface area (Å²) in [5.41, 5.74) is 3.82. The van der Waals surface area contributed by atoms with Crippen molar-refractivity contribution >= 4 is 0 Å². The molecule has 1 nitrogen and oxygen atoms in total. The van der Waals surface area contributed by atoms with Crippen LogP contribution in [-0.2, 0) is 4.74 Å². The van der Waals surface area contributed by atoms with Crippen LogP contribution >= 0.6 is 0 Å². The largest absolute Gasteiger partial charge is 0.385 e. The molecule has 0 saturated heterocycles. The second-order valence-corrected chi connectivity index (χ2v) is 4.33. The van der Waals surface area contributed by atoms with Gasteiger partial charge in [0.2, 0.25) is 0 Å². The molecule has 1 heteroatoms. The molecule has 1 radical (unpaired) electrons. The van der Waals surface area contributed by atoms with E-state index < -0.39 is 0 Å². The van der Waals surface area contributed by atoms with Crippen LogP contribution in [0.4, 0.5) is 0 Å². The monoisotopic (exact) mass is 239 g/mol. The topological polar surface area (TPSA) is 9.23 Å². The maximum absolute atomic E-state index is 5.04. The molecule has 0 fully saturated rings. The summed E-state index contributed by atoms with van der Waals surface area (Å²) in [5.74, 6) is 0. The molecule has 2 aromatic carbocycles. The van der Waals surface area contributed by atoms with E-state index in [4.69, 9.17) is 4.74 Å². The standard InChI is InChI=1S/C17H19O/c1-18-14-6-5-7-15-10-12-17(13-11-15)16-8-3-2-4-9-16/h2-4,7-13H,5-6,14H2,1H3. The maximum atomic E-state index is 5.04. The number of methoxy groups -OCH3 is 1. The van der Waals surface area contributed by atoms with Gasteiger partial charge in [-0.15, -0.1) is 0 Å². The van der Waals surface area contributed by atoms with Gasteiger partial charge < -0.3 is 4.74 Å². The van der Waals surface area contributed by atoms with Crippen molar-refractivity contribution in [3.8, 4) is 11.1 Å². The van der Waals surface area contributed by atoms with Gasteiger partial charge in [0, 0.05) is 13.7 Å². The fourth-order valence-corrected chi connectivity index (χ4v) is 1.94. The van der Waals surface area contributed by atoms with E-state index in [9.17, 15) is 0 Å². The summed E-state index contributed by atoms with van der Waals surface area (Å²) in [6, 6.07) is 19.2. The van der Waals surface area contributed by atoms with Gasteiger partial charge in [-0.25, -0.2) is 0 Å². The minimum atomic E-state index is 0.832. The molecular weight excluding hydrogens is 220 g/mol. The molecular formula is C17H19O. The number of unbranched alkanes of at least 4 members (excludes halogenated alkanes) is 1. The van der Waals surface area contributed by atoms with Crippen LogP contribution in [0.1, 0.15) is 18.4 Å². The van der Waals surface area contributed by atoms with Gasteiger partial charge in [0.05, 0.1) is 0 Å². The van der Waals surface area contributed by atoms with E-state index in [0.29, 0.717) is 0 Å². The molecule has 0 unspecified atom stereocenters. The fraction of sp³-hybridized carbons (Fsp3) is 0.235. The summed E-state index contributed by atoms with van der Waals surface area (Å²) in [4.78, 5) is 0. The third kappa shape index (κ3) is 3.71. The third-order valence-corrected chi connectivity index (χ3v) is 2.95. The number of hydrogen-bond acceptors (Lipinski definition) is 1. The predicted molar refractivity (Wildman–Crippen MR) is 76.4 cm³/mol. The highest BCUT2D eigenvalue weighted by Gasteiger charge is 1.98. The van der Waals surface area contributed by atoms with Gasteiger partial charge in [0.1, 0.15) is 0 Å². The van der Waals surface area contributed by atoms with E-state index in [0.717, 1.165) is 19.4 Å². The summed E-state index contributed by atoms with van der Waals surface area (Å²) in [7, 11) is 1.74. The van der Waals surface area contributed by atoms with Gasteiger partial charge in [0.15, 0.2) is 0 Å². The first kappa shape index (κ1) is 12.8. The van der Waals surface area contributed by atoms with Crippen molar-refractivity contribution in [3.05, 3.63) is 66.6 Å². The second kappa shape index (κ2) is 6.97. The van der Waals surface area contributed by atoms with Gasteiger partial charge in [-0.3, -0.25) is 0 Å². The molecule has 0 aliphatic carbocycles. The van der Waals surface area contributed by atoms with Gasteiger partial charge >= 0.3 is 0 Å². The average molecular weight is 239 g/mol.